The predicted molar refractivity (Wildman–Crippen MR) is 133 cm³/mol. The van der Waals surface area contributed by atoms with Gasteiger partial charge in [0.05, 0.1) is 24.9 Å². The molecule has 3 saturated heterocycles. The highest BCUT2D eigenvalue weighted by Crippen LogP contribution is 2.45. The van der Waals surface area contributed by atoms with Gasteiger partial charge >= 0.3 is 5.97 Å². The number of amides is 1. The Kier molecular flexibility index (Phi) is 9.16. The minimum absolute atomic E-state index is 0.0106. The highest BCUT2D eigenvalue weighted by atomic mass is 16.7. The smallest absolute Gasteiger partial charge is 0.303 e. The average Bonchev–Trinajstić information content (AvgIpc) is 3.54. The zero-order valence-corrected chi connectivity index (χ0v) is 22.1. The molecule has 9 nitrogen and oxygen atoms in total. The summed E-state index contributed by atoms with van der Waals surface area (Å²) in [6, 6.07) is -0.114. The van der Waals surface area contributed by atoms with Crippen LogP contribution in [0.15, 0.2) is 36.0 Å². The van der Waals surface area contributed by atoms with Crippen molar-refractivity contribution in [1.82, 2.24) is 5.32 Å². The lowest BCUT2D eigenvalue weighted by molar-refractivity contribution is -0.272. The molecule has 1 amide bonds. The van der Waals surface area contributed by atoms with Crippen LogP contribution >= 0.6 is 0 Å². The van der Waals surface area contributed by atoms with Crippen molar-refractivity contribution < 1.29 is 38.7 Å². The molecule has 3 heterocycles. The van der Waals surface area contributed by atoms with E-state index < -0.39 is 35.7 Å². The number of hydrogen-bond donors (Lipinski definition) is 3. The molecule has 202 valence electrons. The number of carbonyl (C=O) groups is 2. The van der Waals surface area contributed by atoms with Crippen LogP contribution in [0.25, 0.3) is 0 Å². The van der Waals surface area contributed by atoms with E-state index in [1.807, 2.05) is 19.9 Å². The van der Waals surface area contributed by atoms with E-state index in [0.29, 0.717) is 13.0 Å². The van der Waals surface area contributed by atoms with E-state index in [2.05, 4.69) is 18.3 Å². The molecule has 0 bridgehead atoms. The van der Waals surface area contributed by atoms with Crippen LogP contribution < -0.4 is 5.32 Å². The van der Waals surface area contributed by atoms with Gasteiger partial charge in [-0.25, -0.2) is 0 Å². The van der Waals surface area contributed by atoms with Crippen molar-refractivity contribution >= 4 is 11.9 Å². The molecule has 3 rings (SSSR count). The van der Waals surface area contributed by atoms with Crippen molar-refractivity contribution in [2.24, 2.45) is 5.92 Å². The standard InChI is InChI=1S/C27H41NO8/c1-16(8-11-23-25(31)27(15-33-27)14-26(6,32)36-23)7-10-22-17(2)13-21(19(4)35-22)28-24(30)12-9-18(3)34-20(5)29/h7-9,11-12,17-19,21-23,25,31-32H,10,13-15H2,1-6H3,(H,28,30)/b11-8+,12-9?,16-7?/t17-,18-,19+,21+,22-,23+,25+,26-,27+/m0/s1. The minimum atomic E-state index is -1.34. The maximum Gasteiger partial charge on any atom is 0.303 e. The lowest BCUT2D eigenvalue weighted by Gasteiger charge is -2.40. The lowest BCUT2D eigenvalue weighted by atomic mass is 9.87. The summed E-state index contributed by atoms with van der Waals surface area (Å²) in [6.45, 7) is 11.1. The molecule has 9 atom stereocenters. The molecule has 0 unspecified atom stereocenters. The molecule has 0 aromatic carbocycles. The second-order valence-electron chi connectivity index (χ2n) is 10.7. The van der Waals surface area contributed by atoms with Crippen molar-refractivity contribution in [2.75, 3.05) is 6.61 Å². The fourth-order valence-corrected chi connectivity index (χ4v) is 4.95. The van der Waals surface area contributed by atoms with Crippen molar-refractivity contribution in [3.8, 4) is 0 Å². The Bertz CT molecular complexity index is 890. The van der Waals surface area contributed by atoms with Gasteiger partial charge < -0.3 is 34.5 Å². The summed E-state index contributed by atoms with van der Waals surface area (Å²) in [5.41, 5.74) is 0.283. The van der Waals surface area contributed by atoms with Crippen LogP contribution in [0.4, 0.5) is 0 Å². The molecule has 3 fully saturated rings. The molecule has 1 spiro atoms. The second-order valence-corrected chi connectivity index (χ2v) is 10.7. The third-order valence-electron chi connectivity index (χ3n) is 7.02. The van der Waals surface area contributed by atoms with Gasteiger partial charge in [0.1, 0.15) is 23.9 Å². The number of epoxide rings is 1. The fraction of sp³-hybridized carbons (Fsp3) is 0.704. The number of esters is 1. The monoisotopic (exact) mass is 507 g/mol. The quantitative estimate of drug-likeness (QED) is 0.198. The van der Waals surface area contributed by atoms with Gasteiger partial charge in [0.15, 0.2) is 5.79 Å². The maximum absolute atomic E-state index is 12.3. The summed E-state index contributed by atoms with van der Waals surface area (Å²) in [4.78, 5) is 23.3. The SMILES string of the molecule is CC(=O)O[C@@H](C)C=CC(=O)N[C@@H]1C[C@H](C)[C@H](CC=C(C)/C=C/[C@H]2O[C@](C)(O)C[C@@]3(CO3)[C@@H]2O)O[C@@H]1C. The summed E-state index contributed by atoms with van der Waals surface area (Å²) < 4.78 is 22.3. The summed E-state index contributed by atoms with van der Waals surface area (Å²) in [7, 11) is 0. The summed E-state index contributed by atoms with van der Waals surface area (Å²) in [6.07, 6.45) is 8.33. The van der Waals surface area contributed by atoms with Gasteiger partial charge in [0, 0.05) is 19.4 Å². The van der Waals surface area contributed by atoms with E-state index >= 15 is 0 Å². The first-order chi connectivity index (χ1) is 16.8. The Balaban J connectivity index is 1.49. The topological polar surface area (TPSA) is 127 Å². The van der Waals surface area contributed by atoms with E-state index in [-0.39, 0.29) is 36.5 Å². The second kappa shape index (κ2) is 11.6. The van der Waals surface area contributed by atoms with Crippen molar-refractivity contribution in [1.29, 1.82) is 0 Å². The Morgan fingerprint density at radius 3 is 2.58 bits per heavy atom. The third kappa shape index (κ3) is 7.73. The van der Waals surface area contributed by atoms with E-state index in [4.69, 9.17) is 18.9 Å². The van der Waals surface area contributed by atoms with E-state index in [9.17, 15) is 19.8 Å². The molecule has 0 saturated carbocycles. The van der Waals surface area contributed by atoms with Gasteiger partial charge in [-0.3, -0.25) is 9.59 Å². The van der Waals surface area contributed by atoms with Crippen molar-refractivity contribution in [3.63, 3.8) is 0 Å². The highest BCUT2D eigenvalue weighted by molar-refractivity contribution is 5.87. The Hall–Kier alpha value is -2.04. The van der Waals surface area contributed by atoms with Gasteiger partial charge in [-0.05, 0) is 52.5 Å². The van der Waals surface area contributed by atoms with Crippen molar-refractivity contribution in [3.05, 3.63) is 36.0 Å². The van der Waals surface area contributed by atoms with Crippen LogP contribution in [0.5, 0.6) is 0 Å². The largest absolute Gasteiger partial charge is 0.459 e. The first-order valence-corrected chi connectivity index (χ1v) is 12.7. The van der Waals surface area contributed by atoms with Gasteiger partial charge in [0.25, 0.3) is 0 Å². The maximum atomic E-state index is 12.3. The Labute approximate surface area is 213 Å². The first-order valence-electron chi connectivity index (χ1n) is 12.7. The Morgan fingerprint density at radius 1 is 1.25 bits per heavy atom. The molecular weight excluding hydrogens is 466 g/mol. The summed E-state index contributed by atoms with van der Waals surface area (Å²) >= 11 is 0. The molecular formula is C27H41NO8. The van der Waals surface area contributed by atoms with E-state index in [1.165, 1.54) is 13.0 Å². The van der Waals surface area contributed by atoms with Crippen LogP contribution in [0, 0.1) is 5.92 Å². The molecule has 0 aromatic heterocycles. The Morgan fingerprint density at radius 2 is 1.94 bits per heavy atom. The predicted octanol–water partition coefficient (Wildman–Crippen LogP) is 2.31. The van der Waals surface area contributed by atoms with Gasteiger partial charge in [-0.2, -0.15) is 0 Å². The lowest BCUT2D eigenvalue weighted by Crippen LogP contribution is -2.54. The van der Waals surface area contributed by atoms with Crippen molar-refractivity contribution in [2.45, 2.75) is 109 Å². The zero-order valence-electron chi connectivity index (χ0n) is 22.1. The van der Waals surface area contributed by atoms with E-state index in [1.54, 1.807) is 26.0 Å². The van der Waals surface area contributed by atoms with Crippen LogP contribution in [-0.4, -0.2) is 76.6 Å². The summed E-state index contributed by atoms with van der Waals surface area (Å²) in [5.74, 6) is -1.75. The summed E-state index contributed by atoms with van der Waals surface area (Å²) in [5, 5.41) is 23.9. The molecule has 9 heteroatoms. The molecule has 0 aromatic rings. The zero-order chi connectivity index (χ0) is 26.7. The van der Waals surface area contributed by atoms with Gasteiger partial charge in [0.2, 0.25) is 5.91 Å². The number of allylic oxidation sites excluding steroid dienone is 2. The average molecular weight is 508 g/mol. The van der Waals surface area contributed by atoms with Crippen LogP contribution in [-0.2, 0) is 28.5 Å². The molecule has 36 heavy (non-hydrogen) atoms. The molecule has 3 aliphatic rings. The first kappa shape index (κ1) is 28.5. The normalized spacial score (nSPS) is 39.9. The minimum Gasteiger partial charge on any atom is -0.459 e. The molecule has 0 radical (unpaired) electrons. The fourth-order valence-electron chi connectivity index (χ4n) is 4.95. The number of hydrogen-bond acceptors (Lipinski definition) is 8. The molecule has 3 N–H and O–H groups in total. The third-order valence-corrected chi connectivity index (χ3v) is 7.02. The van der Waals surface area contributed by atoms with Crippen LogP contribution in [0.1, 0.15) is 60.8 Å². The molecule has 3 aliphatic heterocycles. The number of rotatable bonds is 8. The molecule has 0 aliphatic carbocycles. The number of ether oxygens (including phenoxy) is 4. The number of aliphatic hydroxyl groups is 2. The van der Waals surface area contributed by atoms with E-state index in [0.717, 1.165) is 12.0 Å². The number of aliphatic hydroxyl groups excluding tert-OH is 1. The van der Waals surface area contributed by atoms with Gasteiger partial charge in [-0.15, -0.1) is 0 Å². The van der Waals surface area contributed by atoms with Gasteiger partial charge in [-0.1, -0.05) is 30.7 Å². The van der Waals surface area contributed by atoms with Crippen LogP contribution in [0.2, 0.25) is 0 Å². The van der Waals surface area contributed by atoms with Crippen LogP contribution in [0.3, 0.4) is 0 Å². The number of nitrogens with one attached hydrogen (secondary N) is 1. The highest BCUT2D eigenvalue weighted by Gasteiger charge is 2.61. The number of carbonyl (C=O) groups excluding carboxylic acids is 2.